The average Bonchev–Trinajstić information content (AvgIpc) is 2.21. The molecule has 0 saturated heterocycles. The number of carbonyl (C=O) groups is 1. The molecule has 88 valence electrons. The maximum absolute atomic E-state index is 11.6. The summed E-state index contributed by atoms with van der Waals surface area (Å²) < 4.78 is 6.64. The van der Waals surface area contributed by atoms with Crippen LogP contribution in [0, 0.1) is 3.57 Å². The van der Waals surface area contributed by atoms with Gasteiger partial charge in [-0.3, -0.25) is 4.79 Å². The van der Waals surface area contributed by atoms with Crippen LogP contribution >= 0.6 is 22.6 Å². The van der Waals surface area contributed by atoms with Crippen LogP contribution in [-0.4, -0.2) is 18.6 Å². The van der Waals surface area contributed by atoms with Crippen LogP contribution < -0.4 is 10.1 Å². The predicted octanol–water partition coefficient (Wildman–Crippen LogP) is 2.83. The van der Waals surface area contributed by atoms with Gasteiger partial charge in [-0.05, 0) is 61.6 Å². The number of carbonyl (C=O) groups excluding carboxylic acids is 1. The molecule has 1 aromatic rings. The number of rotatable bonds is 4. The normalized spacial score (nSPS) is 10.3. The molecule has 0 fully saturated rings. The topological polar surface area (TPSA) is 38.3 Å². The van der Waals surface area contributed by atoms with Gasteiger partial charge in [0.25, 0.3) is 5.91 Å². The smallest absolute Gasteiger partial charge is 0.251 e. The minimum Gasteiger partial charge on any atom is -0.490 e. The standard InChI is InChI=1S/C12H16INO2/c1-4-14-12(15)9-5-6-10(13)11(7-9)16-8(2)3/h5-8H,4H2,1-3H3,(H,14,15). The Hall–Kier alpha value is -0.780. The number of hydrogen-bond acceptors (Lipinski definition) is 2. The Morgan fingerprint density at radius 1 is 1.50 bits per heavy atom. The highest BCUT2D eigenvalue weighted by atomic mass is 127. The Balaban J connectivity index is 2.93. The van der Waals surface area contributed by atoms with Crippen LogP contribution in [0.1, 0.15) is 31.1 Å². The van der Waals surface area contributed by atoms with Gasteiger partial charge < -0.3 is 10.1 Å². The fourth-order valence-electron chi connectivity index (χ4n) is 1.25. The zero-order chi connectivity index (χ0) is 12.1. The lowest BCUT2D eigenvalue weighted by atomic mass is 10.2. The van der Waals surface area contributed by atoms with Crippen LogP contribution in [0.5, 0.6) is 5.75 Å². The fraction of sp³-hybridized carbons (Fsp3) is 0.417. The third kappa shape index (κ3) is 3.66. The Labute approximate surface area is 110 Å². The first-order chi connectivity index (χ1) is 7.54. The average molecular weight is 333 g/mol. The lowest BCUT2D eigenvalue weighted by Crippen LogP contribution is -2.22. The van der Waals surface area contributed by atoms with Crippen LogP contribution in [0.15, 0.2) is 18.2 Å². The maximum atomic E-state index is 11.6. The molecule has 1 aromatic carbocycles. The summed E-state index contributed by atoms with van der Waals surface area (Å²) in [4.78, 5) is 11.6. The van der Waals surface area contributed by atoms with Gasteiger partial charge in [0.1, 0.15) is 5.75 Å². The number of amides is 1. The molecular formula is C12H16INO2. The first kappa shape index (κ1) is 13.3. The van der Waals surface area contributed by atoms with Gasteiger partial charge >= 0.3 is 0 Å². The first-order valence-corrected chi connectivity index (χ1v) is 6.37. The Bertz CT molecular complexity index is 377. The number of halogens is 1. The van der Waals surface area contributed by atoms with Gasteiger partial charge in [0.2, 0.25) is 0 Å². The summed E-state index contributed by atoms with van der Waals surface area (Å²) in [5.74, 6) is 0.701. The second-order valence-electron chi connectivity index (χ2n) is 3.67. The van der Waals surface area contributed by atoms with E-state index in [9.17, 15) is 4.79 Å². The monoisotopic (exact) mass is 333 g/mol. The van der Waals surface area contributed by atoms with E-state index in [0.29, 0.717) is 12.1 Å². The van der Waals surface area contributed by atoms with E-state index in [-0.39, 0.29) is 12.0 Å². The molecule has 1 amide bonds. The van der Waals surface area contributed by atoms with E-state index < -0.39 is 0 Å². The second kappa shape index (κ2) is 6.08. The van der Waals surface area contributed by atoms with E-state index in [1.165, 1.54) is 0 Å². The Morgan fingerprint density at radius 3 is 2.75 bits per heavy atom. The lowest BCUT2D eigenvalue weighted by Gasteiger charge is -2.12. The molecule has 0 saturated carbocycles. The highest BCUT2D eigenvalue weighted by Gasteiger charge is 2.09. The van der Waals surface area contributed by atoms with E-state index in [1.54, 1.807) is 12.1 Å². The molecule has 0 atom stereocenters. The number of ether oxygens (including phenoxy) is 1. The van der Waals surface area contributed by atoms with Gasteiger partial charge in [0.05, 0.1) is 9.67 Å². The van der Waals surface area contributed by atoms with Crippen molar-refractivity contribution in [3.8, 4) is 5.75 Å². The molecular weight excluding hydrogens is 317 g/mol. The Kier molecular flexibility index (Phi) is 5.05. The van der Waals surface area contributed by atoms with Gasteiger partial charge in [-0.25, -0.2) is 0 Å². The van der Waals surface area contributed by atoms with Gasteiger partial charge in [-0.2, -0.15) is 0 Å². The molecule has 0 aromatic heterocycles. The van der Waals surface area contributed by atoms with Crippen molar-refractivity contribution in [2.24, 2.45) is 0 Å². The highest BCUT2D eigenvalue weighted by Crippen LogP contribution is 2.23. The van der Waals surface area contributed by atoms with E-state index in [4.69, 9.17) is 4.74 Å². The molecule has 0 aliphatic heterocycles. The van der Waals surface area contributed by atoms with Crippen molar-refractivity contribution in [3.63, 3.8) is 0 Å². The van der Waals surface area contributed by atoms with E-state index in [0.717, 1.165) is 9.32 Å². The minimum atomic E-state index is -0.0625. The van der Waals surface area contributed by atoms with Crippen LogP contribution in [0.3, 0.4) is 0 Å². The van der Waals surface area contributed by atoms with Crippen LogP contribution in [0.4, 0.5) is 0 Å². The lowest BCUT2D eigenvalue weighted by molar-refractivity contribution is 0.0955. The quantitative estimate of drug-likeness (QED) is 0.861. The summed E-state index contributed by atoms with van der Waals surface area (Å²) in [6.45, 7) is 6.46. The van der Waals surface area contributed by atoms with E-state index in [1.807, 2.05) is 26.8 Å². The van der Waals surface area contributed by atoms with Crippen molar-refractivity contribution in [3.05, 3.63) is 27.3 Å². The van der Waals surface area contributed by atoms with Crippen molar-refractivity contribution in [1.82, 2.24) is 5.32 Å². The number of benzene rings is 1. The van der Waals surface area contributed by atoms with Crippen molar-refractivity contribution in [2.75, 3.05) is 6.54 Å². The summed E-state index contributed by atoms with van der Waals surface area (Å²) >= 11 is 2.20. The summed E-state index contributed by atoms with van der Waals surface area (Å²) in [6, 6.07) is 5.48. The predicted molar refractivity (Wildman–Crippen MR) is 72.9 cm³/mol. The zero-order valence-electron chi connectivity index (χ0n) is 9.71. The number of nitrogens with one attached hydrogen (secondary N) is 1. The summed E-state index contributed by atoms with van der Waals surface area (Å²) in [7, 11) is 0. The first-order valence-electron chi connectivity index (χ1n) is 5.29. The molecule has 0 aliphatic rings. The molecule has 3 nitrogen and oxygen atoms in total. The third-order valence-corrected chi connectivity index (χ3v) is 2.78. The van der Waals surface area contributed by atoms with Gasteiger partial charge in [-0.1, -0.05) is 0 Å². The third-order valence-electron chi connectivity index (χ3n) is 1.89. The summed E-state index contributed by atoms with van der Waals surface area (Å²) in [5.41, 5.74) is 0.637. The Morgan fingerprint density at radius 2 is 2.19 bits per heavy atom. The summed E-state index contributed by atoms with van der Waals surface area (Å²) in [5, 5.41) is 2.76. The van der Waals surface area contributed by atoms with E-state index in [2.05, 4.69) is 27.9 Å². The van der Waals surface area contributed by atoms with Gasteiger partial charge in [0.15, 0.2) is 0 Å². The molecule has 0 unspecified atom stereocenters. The van der Waals surface area contributed by atoms with E-state index >= 15 is 0 Å². The van der Waals surface area contributed by atoms with Crippen molar-refractivity contribution >= 4 is 28.5 Å². The van der Waals surface area contributed by atoms with Crippen molar-refractivity contribution in [1.29, 1.82) is 0 Å². The minimum absolute atomic E-state index is 0.0625. The largest absolute Gasteiger partial charge is 0.490 e. The molecule has 0 spiro atoms. The highest BCUT2D eigenvalue weighted by molar-refractivity contribution is 14.1. The van der Waals surface area contributed by atoms with Gasteiger partial charge in [-0.15, -0.1) is 0 Å². The molecule has 0 aliphatic carbocycles. The molecule has 1 N–H and O–H groups in total. The van der Waals surface area contributed by atoms with Crippen molar-refractivity contribution in [2.45, 2.75) is 26.9 Å². The summed E-state index contributed by atoms with van der Waals surface area (Å²) in [6.07, 6.45) is 0.109. The van der Waals surface area contributed by atoms with Crippen LogP contribution in [-0.2, 0) is 0 Å². The second-order valence-corrected chi connectivity index (χ2v) is 4.83. The molecule has 4 heteroatoms. The molecule has 1 rings (SSSR count). The SMILES string of the molecule is CCNC(=O)c1ccc(I)c(OC(C)C)c1. The molecule has 0 heterocycles. The fourth-order valence-corrected chi connectivity index (χ4v) is 1.71. The maximum Gasteiger partial charge on any atom is 0.251 e. The molecule has 0 radical (unpaired) electrons. The van der Waals surface area contributed by atoms with Crippen LogP contribution in [0.2, 0.25) is 0 Å². The number of hydrogen-bond donors (Lipinski definition) is 1. The molecule has 16 heavy (non-hydrogen) atoms. The zero-order valence-corrected chi connectivity index (χ0v) is 11.9. The van der Waals surface area contributed by atoms with Crippen molar-refractivity contribution < 1.29 is 9.53 Å². The molecule has 0 bridgehead atoms. The van der Waals surface area contributed by atoms with Gasteiger partial charge in [0, 0.05) is 12.1 Å². The van der Waals surface area contributed by atoms with Crippen LogP contribution in [0.25, 0.3) is 0 Å².